The molecule has 1 aromatic rings. The first-order chi connectivity index (χ1) is 8.31. The van der Waals surface area contributed by atoms with Gasteiger partial charge in [0.25, 0.3) is 0 Å². The second-order valence-electron chi connectivity index (χ2n) is 4.13. The van der Waals surface area contributed by atoms with Crippen molar-refractivity contribution in [2.75, 3.05) is 26.3 Å². The van der Waals surface area contributed by atoms with Crippen molar-refractivity contribution in [1.29, 1.82) is 0 Å². The Morgan fingerprint density at radius 2 is 2.12 bits per heavy atom. The number of hydrogen-bond donors (Lipinski definition) is 1. The topological polar surface area (TPSA) is 49.8 Å². The van der Waals surface area contributed by atoms with Crippen LogP contribution in [-0.4, -0.2) is 48.3 Å². The molecule has 1 aliphatic rings. The summed E-state index contributed by atoms with van der Waals surface area (Å²) < 4.78 is 5.08. The van der Waals surface area contributed by atoms with Crippen LogP contribution in [0.3, 0.4) is 0 Å². The van der Waals surface area contributed by atoms with Crippen molar-refractivity contribution in [2.24, 2.45) is 0 Å². The molecule has 1 aromatic carbocycles. The molecule has 0 saturated carbocycles. The smallest absolute Gasteiger partial charge is 0.323 e. The number of aliphatic hydroxyl groups excluding tert-OH is 1. The number of cyclic esters (lactones) is 1. The van der Waals surface area contributed by atoms with Gasteiger partial charge in [-0.2, -0.15) is 0 Å². The maximum atomic E-state index is 11.7. The predicted molar refractivity (Wildman–Crippen MR) is 63.6 cm³/mol. The van der Waals surface area contributed by atoms with Crippen molar-refractivity contribution in [1.82, 2.24) is 4.90 Å². The summed E-state index contributed by atoms with van der Waals surface area (Å²) in [5.74, 6) is -0.187. The van der Waals surface area contributed by atoms with Gasteiger partial charge in [-0.3, -0.25) is 9.69 Å². The van der Waals surface area contributed by atoms with Gasteiger partial charge in [0, 0.05) is 13.1 Å². The van der Waals surface area contributed by atoms with E-state index in [4.69, 9.17) is 9.84 Å². The highest BCUT2D eigenvalue weighted by Gasteiger charge is 2.30. The van der Waals surface area contributed by atoms with Gasteiger partial charge < -0.3 is 9.84 Å². The Labute approximate surface area is 101 Å². The molecule has 0 amide bonds. The van der Waals surface area contributed by atoms with Gasteiger partial charge in [-0.15, -0.1) is 0 Å². The number of rotatable bonds is 4. The minimum Gasteiger partial charge on any atom is -0.463 e. The second-order valence-corrected chi connectivity index (χ2v) is 4.13. The number of benzene rings is 1. The van der Waals surface area contributed by atoms with E-state index in [2.05, 4.69) is 0 Å². The summed E-state index contributed by atoms with van der Waals surface area (Å²) in [6.07, 6.45) is 0.639. The fourth-order valence-corrected chi connectivity index (χ4v) is 2.11. The molecule has 4 nitrogen and oxygen atoms in total. The Bertz CT molecular complexity index is 364. The van der Waals surface area contributed by atoms with Gasteiger partial charge in [-0.25, -0.2) is 0 Å². The number of nitrogens with zero attached hydrogens (tertiary/aromatic N) is 1. The van der Waals surface area contributed by atoms with Gasteiger partial charge in [0.2, 0.25) is 0 Å². The summed E-state index contributed by atoms with van der Waals surface area (Å²) in [6, 6.07) is 9.60. The molecule has 92 valence electrons. The first-order valence-corrected chi connectivity index (χ1v) is 5.86. The lowest BCUT2D eigenvalue weighted by Gasteiger charge is -2.33. The minimum atomic E-state index is -0.265. The van der Waals surface area contributed by atoms with Gasteiger partial charge in [-0.05, 0) is 12.0 Å². The van der Waals surface area contributed by atoms with E-state index >= 15 is 0 Å². The largest absolute Gasteiger partial charge is 0.463 e. The van der Waals surface area contributed by atoms with Gasteiger partial charge in [0.15, 0.2) is 0 Å². The molecule has 1 aliphatic heterocycles. The Morgan fingerprint density at radius 3 is 2.82 bits per heavy atom. The van der Waals surface area contributed by atoms with Crippen molar-refractivity contribution in [2.45, 2.75) is 12.5 Å². The molecule has 0 aromatic heterocycles. The Hall–Kier alpha value is -1.39. The monoisotopic (exact) mass is 235 g/mol. The summed E-state index contributed by atoms with van der Waals surface area (Å²) in [4.78, 5) is 13.7. The Morgan fingerprint density at radius 1 is 1.35 bits per heavy atom. The van der Waals surface area contributed by atoms with Crippen LogP contribution >= 0.6 is 0 Å². The number of carbonyl (C=O) groups is 1. The number of carbonyl (C=O) groups excluding carboxylic acids is 1. The lowest BCUT2D eigenvalue weighted by molar-refractivity contribution is -0.157. The highest BCUT2D eigenvalue weighted by molar-refractivity contribution is 5.76. The van der Waals surface area contributed by atoms with Crippen molar-refractivity contribution < 1.29 is 14.6 Å². The molecular weight excluding hydrogens is 218 g/mol. The van der Waals surface area contributed by atoms with Crippen LogP contribution in [0.5, 0.6) is 0 Å². The van der Waals surface area contributed by atoms with Crippen LogP contribution in [0, 0.1) is 0 Å². The average Bonchev–Trinajstić information content (AvgIpc) is 2.35. The number of hydrogen-bond acceptors (Lipinski definition) is 4. The summed E-state index contributed by atoms with van der Waals surface area (Å²) in [6.45, 7) is 1.71. The lowest BCUT2D eigenvalue weighted by Crippen LogP contribution is -2.50. The molecule has 0 unspecified atom stereocenters. The quantitative estimate of drug-likeness (QED) is 0.770. The number of ether oxygens (including phenoxy) is 1. The maximum absolute atomic E-state index is 11.7. The van der Waals surface area contributed by atoms with E-state index in [1.54, 1.807) is 0 Å². The van der Waals surface area contributed by atoms with Crippen LogP contribution < -0.4 is 0 Å². The van der Waals surface area contributed by atoms with E-state index in [-0.39, 0.29) is 18.6 Å². The van der Waals surface area contributed by atoms with Crippen LogP contribution in [0.4, 0.5) is 0 Å². The normalized spacial score (nSPS) is 21.2. The highest BCUT2D eigenvalue weighted by atomic mass is 16.5. The van der Waals surface area contributed by atoms with Crippen LogP contribution in [-0.2, 0) is 16.0 Å². The van der Waals surface area contributed by atoms with Gasteiger partial charge in [0.05, 0.1) is 6.61 Å². The van der Waals surface area contributed by atoms with Crippen LogP contribution in [0.1, 0.15) is 5.56 Å². The van der Waals surface area contributed by atoms with E-state index < -0.39 is 0 Å². The molecule has 1 atom stereocenters. The minimum absolute atomic E-state index is 0.0680. The molecular formula is C13H17NO3. The third-order valence-corrected chi connectivity index (χ3v) is 2.99. The van der Waals surface area contributed by atoms with Crippen LogP contribution in [0.2, 0.25) is 0 Å². The predicted octanol–water partition coefficient (Wildman–Crippen LogP) is 0.449. The zero-order chi connectivity index (χ0) is 12.1. The molecule has 17 heavy (non-hydrogen) atoms. The molecule has 1 heterocycles. The number of aliphatic hydroxyl groups is 1. The van der Waals surface area contributed by atoms with Gasteiger partial charge >= 0.3 is 5.97 Å². The fourth-order valence-electron chi connectivity index (χ4n) is 2.11. The second kappa shape index (κ2) is 5.80. The van der Waals surface area contributed by atoms with E-state index in [9.17, 15) is 4.79 Å². The fraction of sp³-hybridized carbons (Fsp3) is 0.462. The molecule has 4 heteroatoms. The molecule has 0 aliphatic carbocycles. The molecule has 1 saturated heterocycles. The first-order valence-electron chi connectivity index (χ1n) is 5.86. The lowest BCUT2D eigenvalue weighted by atomic mass is 10.0. The van der Waals surface area contributed by atoms with Crippen molar-refractivity contribution in [3.63, 3.8) is 0 Å². The third kappa shape index (κ3) is 3.05. The Kier molecular flexibility index (Phi) is 4.12. The van der Waals surface area contributed by atoms with Gasteiger partial charge in [0.1, 0.15) is 12.6 Å². The molecule has 0 radical (unpaired) electrons. The maximum Gasteiger partial charge on any atom is 0.323 e. The third-order valence-electron chi connectivity index (χ3n) is 2.99. The van der Waals surface area contributed by atoms with E-state index in [0.29, 0.717) is 26.1 Å². The molecule has 2 rings (SSSR count). The highest BCUT2D eigenvalue weighted by Crippen LogP contribution is 2.13. The Balaban J connectivity index is 2.07. The number of morpholine rings is 1. The average molecular weight is 235 g/mol. The standard InChI is InChI=1S/C13H17NO3/c15-8-6-14-7-9-17-13(16)12(14)10-11-4-2-1-3-5-11/h1-5,12,15H,6-10H2/t12-/m0/s1. The molecule has 0 bridgehead atoms. The van der Waals surface area contributed by atoms with Crippen molar-refractivity contribution >= 4 is 5.97 Å². The summed E-state index contributed by atoms with van der Waals surface area (Å²) in [7, 11) is 0. The SMILES string of the molecule is O=C1OCCN(CCO)[C@H]1Cc1ccccc1. The van der Waals surface area contributed by atoms with E-state index in [0.717, 1.165) is 5.56 Å². The van der Waals surface area contributed by atoms with E-state index in [1.165, 1.54) is 0 Å². The summed E-state index contributed by atoms with van der Waals surface area (Å²) in [5, 5.41) is 8.99. The number of β-amino-alcohol motifs (C(OH)–C–C–N with tert-alkyl or cyclic N) is 1. The zero-order valence-corrected chi connectivity index (χ0v) is 9.71. The molecule has 0 spiro atoms. The van der Waals surface area contributed by atoms with Crippen molar-refractivity contribution in [3.8, 4) is 0 Å². The zero-order valence-electron chi connectivity index (χ0n) is 9.71. The molecule has 1 N–H and O–H groups in total. The summed E-state index contributed by atoms with van der Waals surface area (Å²) in [5.41, 5.74) is 1.11. The van der Waals surface area contributed by atoms with Crippen LogP contribution in [0.15, 0.2) is 30.3 Å². The first kappa shape index (κ1) is 12.1. The number of esters is 1. The van der Waals surface area contributed by atoms with Crippen molar-refractivity contribution in [3.05, 3.63) is 35.9 Å². The van der Waals surface area contributed by atoms with Gasteiger partial charge in [-0.1, -0.05) is 30.3 Å². The van der Waals surface area contributed by atoms with Crippen LogP contribution in [0.25, 0.3) is 0 Å². The van der Waals surface area contributed by atoms with E-state index in [1.807, 2.05) is 35.2 Å². The molecule has 1 fully saturated rings. The summed E-state index contributed by atoms with van der Waals surface area (Å²) >= 11 is 0.